The van der Waals surface area contributed by atoms with Gasteiger partial charge in [-0.1, -0.05) is 0 Å². The summed E-state index contributed by atoms with van der Waals surface area (Å²) in [5, 5.41) is 9.78. The van der Waals surface area contributed by atoms with Crippen molar-refractivity contribution in [2.75, 3.05) is 20.8 Å². The van der Waals surface area contributed by atoms with Crippen LogP contribution in [0.1, 0.15) is 18.6 Å². The summed E-state index contributed by atoms with van der Waals surface area (Å²) in [7, 11) is 2.66. The Hall–Kier alpha value is -1.82. The van der Waals surface area contributed by atoms with Gasteiger partial charge in [0.2, 0.25) is 0 Å². The van der Waals surface area contributed by atoms with Crippen molar-refractivity contribution in [2.24, 2.45) is 0 Å². The molecule has 0 amide bonds. The maximum Gasteiger partial charge on any atom is 0.339 e. The van der Waals surface area contributed by atoms with Crippen LogP contribution < -0.4 is 9.47 Å². The number of benzene rings is 1. The first-order valence-electron chi connectivity index (χ1n) is 5.31. The molecule has 0 aliphatic carbocycles. The van der Waals surface area contributed by atoms with Crippen LogP contribution in [0.2, 0.25) is 0 Å². The molecule has 18 heavy (non-hydrogen) atoms. The summed E-state index contributed by atoms with van der Waals surface area (Å²) >= 11 is 0. The first-order valence-corrected chi connectivity index (χ1v) is 5.31. The Morgan fingerprint density at radius 1 is 1.39 bits per heavy atom. The van der Waals surface area contributed by atoms with Crippen LogP contribution in [0, 0.1) is 5.82 Å². The normalized spacial score (nSPS) is 11.8. The number of ether oxygens (including phenoxy) is 3. The number of aliphatic hydroxyl groups excluding tert-OH is 1. The summed E-state index contributed by atoms with van der Waals surface area (Å²) in [5.74, 6) is -1.52. The van der Waals surface area contributed by atoms with Gasteiger partial charge in [-0.15, -0.1) is 0 Å². The Bertz CT molecular complexity index is 433. The number of carbonyl (C=O) groups excluding carboxylic acids is 1. The van der Waals surface area contributed by atoms with Crippen LogP contribution >= 0.6 is 0 Å². The smallest absolute Gasteiger partial charge is 0.339 e. The van der Waals surface area contributed by atoms with E-state index in [1.54, 1.807) is 6.92 Å². The molecule has 1 aromatic carbocycles. The van der Waals surface area contributed by atoms with Crippen LogP contribution in [-0.4, -0.2) is 31.9 Å². The van der Waals surface area contributed by atoms with Crippen molar-refractivity contribution in [2.45, 2.75) is 13.0 Å². The van der Waals surface area contributed by atoms with Gasteiger partial charge in [0.15, 0.2) is 17.6 Å². The zero-order valence-electron chi connectivity index (χ0n) is 10.4. The van der Waals surface area contributed by atoms with E-state index >= 15 is 0 Å². The van der Waals surface area contributed by atoms with Gasteiger partial charge in [0.05, 0.1) is 26.4 Å². The predicted molar refractivity (Wildman–Crippen MR) is 61.1 cm³/mol. The van der Waals surface area contributed by atoms with E-state index < -0.39 is 17.9 Å². The molecule has 0 aliphatic rings. The van der Waals surface area contributed by atoms with Crippen molar-refractivity contribution < 1.29 is 28.5 Å². The van der Waals surface area contributed by atoms with Crippen molar-refractivity contribution in [1.82, 2.24) is 0 Å². The van der Waals surface area contributed by atoms with E-state index in [4.69, 9.17) is 9.47 Å². The number of hydrogen-bond donors (Lipinski definition) is 1. The number of aliphatic hydroxyl groups is 1. The molecule has 0 aromatic heterocycles. The SMILES string of the molecule is CCOC(=O)C(O)c1c(F)ccc(OC)c1OC. The molecule has 0 saturated carbocycles. The van der Waals surface area contributed by atoms with Gasteiger partial charge in [0.25, 0.3) is 0 Å². The third-order valence-corrected chi connectivity index (χ3v) is 2.31. The van der Waals surface area contributed by atoms with Crippen LogP contribution in [0.15, 0.2) is 12.1 Å². The molecule has 0 spiro atoms. The Morgan fingerprint density at radius 3 is 2.56 bits per heavy atom. The molecule has 1 aromatic rings. The third-order valence-electron chi connectivity index (χ3n) is 2.31. The van der Waals surface area contributed by atoms with Crippen LogP contribution in [0.25, 0.3) is 0 Å². The molecule has 0 aliphatic heterocycles. The Balaban J connectivity index is 3.24. The Kier molecular flexibility index (Phi) is 4.91. The second-order valence-electron chi connectivity index (χ2n) is 3.35. The van der Waals surface area contributed by atoms with E-state index in [0.717, 1.165) is 6.07 Å². The molecule has 0 fully saturated rings. The Labute approximate surface area is 104 Å². The molecular formula is C12H15FO5. The average molecular weight is 258 g/mol. The minimum atomic E-state index is -1.75. The quantitative estimate of drug-likeness (QED) is 0.809. The second kappa shape index (κ2) is 6.20. The highest BCUT2D eigenvalue weighted by molar-refractivity contribution is 5.78. The minimum absolute atomic E-state index is 0.0296. The molecule has 100 valence electrons. The lowest BCUT2D eigenvalue weighted by molar-refractivity contribution is -0.153. The molecule has 0 radical (unpaired) electrons. The maximum absolute atomic E-state index is 13.7. The van der Waals surface area contributed by atoms with Crippen molar-refractivity contribution in [3.8, 4) is 11.5 Å². The fraction of sp³-hybridized carbons (Fsp3) is 0.417. The van der Waals surface area contributed by atoms with Gasteiger partial charge in [0.1, 0.15) is 5.82 Å². The highest BCUT2D eigenvalue weighted by Gasteiger charge is 2.28. The van der Waals surface area contributed by atoms with Gasteiger partial charge >= 0.3 is 5.97 Å². The van der Waals surface area contributed by atoms with Crippen LogP contribution in [0.5, 0.6) is 11.5 Å². The number of halogens is 1. The molecule has 1 atom stereocenters. The average Bonchev–Trinajstić information content (AvgIpc) is 2.37. The monoisotopic (exact) mass is 258 g/mol. The van der Waals surface area contributed by atoms with Gasteiger partial charge in [-0.3, -0.25) is 0 Å². The topological polar surface area (TPSA) is 65.0 Å². The van der Waals surface area contributed by atoms with E-state index in [9.17, 15) is 14.3 Å². The van der Waals surface area contributed by atoms with E-state index in [1.165, 1.54) is 20.3 Å². The van der Waals surface area contributed by atoms with E-state index in [-0.39, 0.29) is 23.7 Å². The summed E-state index contributed by atoms with van der Waals surface area (Å²) in [6.07, 6.45) is -1.75. The van der Waals surface area contributed by atoms with Crippen molar-refractivity contribution in [3.63, 3.8) is 0 Å². The molecule has 1 rings (SSSR count). The Morgan fingerprint density at radius 2 is 2.06 bits per heavy atom. The predicted octanol–water partition coefficient (Wildman–Crippen LogP) is 1.44. The van der Waals surface area contributed by atoms with Gasteiger partial charge < -0.3 is 19.3 Å². The van der Waals surface area contributed by atoms with E-state index in [2.05, 4.69) is 4.74 Å². The summed E-state index contributed by atoms with van der Waals surface area (Å²) in [4.78, 5) is 11.4. The number of carbonyl (C=O) groups is 1. The molecule has 6 heteroatoms. The first kappa shape index (κ1) is 14.2. The maximum atomic E-state index is 13.7. The van der Waals surface area contributed by atoms with Crippen molar-refractivity contribution in [1.29, 1.82) is 0 Å². The van der Waals surface area contributed by atoms with Crippen molar-refractivity contribution >= 4 is 5.97 Å². The summed E-state index contributed by atoms with van der Waals surface area (Å²) in [6.45, 7) is 1.67. The standard InChI is InChI=1S/C12H15FO5/c1-4-18-12(15)10(14)9-7(13)5-6-8(16-2)11(9)17-3/h5-6,10,14H,4H2,1-3H3. The van der Waals surface area contributed by atoms with Gasteiger partial charge in [0, 0.05) is 0 Å². The van der Waals surface area contributed by atoms with Crippen molar-refractivity contribution in [3.05, 3.63) is 23.5 Å². The fourth-order valence-electron chi connectivity index (χ4n) is 1.52. The zero-order valence-corrected chi connectivity index (χ0v) is 10.4. The second-order valence-corrected chi connectivity index (χ2v) is 3.35. The fourth-order valence-corrected chi connectivity index (χ4v) is 1.52. The van der Waals surface area contributed by atoms with Gasteiger partial charge in [-0.25, -0.2) is 9.18 Å². The number of hydrogen-bond acceptors (Lipinski definition) is 5. The molecule has 5 nitrogen and oxygen atoms in total. The summed E-state index contributed by atoms with van der Waals surface area (Å²) in [6, 6.07) is 2.43. The highest BCUT2D eigenvalue weighted by Crippen LogP contribution is 2.37. The minimum Gasteiger partial charge on any atom is -0.493 e. The molecule has 1 unspecified atom stereocenters. The van der Waals surface area contributed by atoms with Gasteiger partial charge in [-0.2, -0.15) is 0 Å². The molecule has 0 heterocycles. The highest BCUT2D eigenvalue weighted by atomic mass is 19.1. The number of esters is 1. The lowest BCUT2D eigenvalue weighted by Crippen LogP contribution is -2.17. The molecule has 0 saturated heterocycles. The van der Waals surface area contributed by atoms with E-state index in [0.29, 0.717) is 0 Å². The van der Waals surface area contributed by atoms with Crippen LogP contribution in [0.4, 0.5) is 4.39 Å². The van der Waals surface area contributed by atoms with E-state index in [1.807, 2.05) is 0 Å². The van der Waals surface area contributed by atoms with Crippen LogP contribution in [0.3, 0.4) is 0 Å². The summed E-state index contributed by atoms with van der Waals surface area (Å²) in [5.41, 5.74) is -0.296. The lowest BCUT2D eigenvalue weighted by Gasteiger charge is -2.16. The number of methoxy groups -OCH3 is 2. The first-order chi connectivity index (χ1) is 8.56. The zero-order chi connectivity index (χ0) is 13.7. The third kappa shape index (κ3) is 2.70. The lowest BCUT2D eigenvalue weighted by atomic mass is 10.1. The number of rotatable bonds is 5. The van der Waals surface area contributed by atoms with Crippen LogP contribution in [-0.2, 0) is 9.53 Å². The largest absolute Gasteiger partial charge is 0.493 e. The molecule has 1 N–H and O–H groups in total. The molecule has 0 bridgehead atoms. The van der Waals surface area contributed by atoms with Gasteiger partial charge in [-0.05, 0) is 19.1 Å². The summed E-state index contributed by atoms with van der Waals surface area (Å²) < 4.78 is 28.3. The molecular weight excluding hydrogens is 243 g/mol.